The van der Waals surface area contributed by atoms with E-state index in [1.54, 1.807) is 0 Å². The molecule has 3 heteroatoms. The Morgan fingerprint density at radius 2 is 2.00 bits per heavy atom. The quantitative estimate of drug-likeness (QED) is 0.602. The molecule has 0 unspecified atom stereocenters. The molecule has 0 aromatic rings. The number of likely N-dealkylation sites (N-methyl/N-ethyl adjacent to an activating group) is 1. The summed E-state index contributed by atoms with van der Waals surface area (Å²) >= 11 is 0. The Hall–Kier alpha value is -1.01. The molecule has 0 amide bonds. The molecule has 0 aromatic heterocycles. The Balaban J connectivity index is 2.35. The van der Waals surface area contributed by atoms with Gasteiger partial charge in [-0.25, -0.2) is 0 Å². The third-order valence-corrected chi connectivity index (χ3v) is 2.23. The van der Waals surface area contributed by atoms with Crippen LogP contribution in [0.2, 0.25) is 0 Å². The smallest absolute Gasteiger partial charge is 0.0745 e. The lowest BCUT2D eigenvalue weighted by molar-refractivity contribution is 0.185. The van der Waals surface area contributed by atoms with Gasteiger partial charge < -0.3 is 9.80 Å². The van der Waals surface area contributed by atoms with Gasteiger partial charge in [0.2, 0.25) is 0 Å². The molecule has 3 nitrogen and oxygen atoms in total. The summed E-state index contributed by atoms with van der Waals surface area (Å²) in [7, 11) is 2.12. The second kappa shape index (κ2) is 4.13. The minimum Gasteiger partial charge on any atom is -0.372 e. The maximum atomic E-state index is 8.47. The predicted octanol–water partition coefficient (Wildman–Crippen LogP) is 0.661. The van der Waals surface area contributed by atoms with Crippen LogP contribution in [0.5, 0.6) is 0 Å². The van der Waals surface area contributed by atoms with E-state index in [-0.39, 0.29) is 0 Å². The third-order valence-electron chi connectivity index (χ3n) is 2.23. The Morgan fingerprint density at radius 3 is 2.50 bits per heavy atom. The first-order valence-corrected chi connectivity index (χ1v) is 4.22. The van der Waals surface area contributed by atoms with Crippen molar-refractivity contribution in [1.29, 1.82) is 5.26 Å². The largest absolute Gasteiger partial charge is 0.372 e. The van der Waals surface area contributed by atoms with Crippen molar-refractivity contribution in [3.8, 4) is 6.07 Å². The van der Waals surface area contributed by atoms with Gasteiger partial charge in [-0.3, -0.25) is 0 Å². The SMILES string of the molecule is C=C(CC#N)N1CCN(C)CC1. The van der Waals surface area contributed by atoms with Crippen LogP contribution in [0.4, 0.5) is 0 Å². The standard InChI is InChI=1S/C9H15N3/c1-9(3-4-10)12-7-5-11(2)6-8-12/h1,3,5-8H2,2H3. The Kier molecular flexibility index (Phi) is 3.12. The average molecular weight is 165 g/mol. The molecule has 12 heavy (non-hydrogen) atoms. The van der Waals surface area contributed by atoms with E-state index in [4.69, 9.17) is 5.26 Å². The van der Waals surface area contributed by atoms with E-state index in [1.165, 1.54) is 0 Å². The van der Waals surface area contributed by atoms with Gasteiger partial charge in [0.05, 0.1) is 12.5 Å². The molecule has 0 aliphatic carbocycles. The summed E-state index contributed by atoms with van der Waals surface area (Å²) in [4.78, 5) is 4.49. The first-order chi connectivity index (χ1) is 5.74. The van der Waals surface area contributed by atoms with Gasteiger partial charge in [0, 0.05) is 31.9 Å². The Bertz CT molecular complexity index is 196. The molecule has 1 aliphatic rings. The summed E-state index contributed by atoms with van der Waals surface area (Å²) in [6.45, 7) is 8.05. The highest BCUT2D eigenvalue weighted by Gasteiger charge is 2.14. The maximum Gasteiger partial charge on any atom is 0.0745 e. The average Bonchev–Trinajstić information content (AvgIpc) is 2.06. The zero-order valence-electron chi connectivity index (χ0n) is 7.58. The summed E-state index contributed by atoms with van der Waals surface area (Å²) in [6, 6.07) is 2.12. The van der Waals surface area contributed by atoms with Gasteiger partial charge in [-0.1, -0.05) is 6.58 Å². The van der Waals surface area contributed by atoms with Crippen LogP contribution in [0.25, 0.3) is 0 Å². The highest BCUT2D eigenvalue weighted by Crippen LogP contribution is 2.08. The van der Waals surface area contributed by atoms with E-state index < -0.39 is 0 Å². The van der Waals surface area contributed by atoms with Crippen LogP contribution in [0.3, 0.4) is 0 Å². The molecule has 66 valence electrons. The van der Waals surface area contributed by atoms with Crippen LogP contribution >= 0.6 is 0 Å². The van der Waals surface area contributed by atoms with Crippen molar-refractivity contribution < 1.29 is 0 Å². The van der Waals surface area contributed by atoms with Crippen molar-refractivity contribution in [3.63, 3.8) is 0 Å². The molecule has 1 heterocycles. The molecule has 0 aromatic carbocycles. The zero-order valence-corrected chi connectivity index (χ0v) is 7.58. The van der Waals surface area contributed by atoms with Crippen LogP contribution < -0.4 is 0 Å². The fraction of sp³-hybridized carbons (Fsp3) is 0.667. The van der Waals surface area contributed by atoms with Gasteiger partial charge >= 0.3 is 0 Å². The lowest BCUT2D eigenvalue weighted by Crippen LogP contribution is -2.43. The molecule has 1 aliphatic heterocycles. The Morgan fingerprint density at radius 1 is 1.42 bits per heavy atom. The van der Waals surface area contributed by atoms with E-state index in [1.807, 2.05) is 0 Å². The highest BCUT2D eigenvalue weighted by molar-refractivity contribution is 5.02. The highest BCUT2D eigenvalue weighted by atomic mass is 15.2. The van der Waals surface area contributed by atoms with Gasteiger partial charge in [-0.05, 0) is 7.05 Å². The number of nitriles is 1. The number of hydrogen-bond donors (Lipinski definition) is 0. The summed E-state index contributed by atoms with van der Waals surface area (Å²) in [5, 5.41) is 8.47. The second-order valence-electron chi connectivity index (χ2n) is 3.19. The lowest BCUT2D eigenvalue weighted by atomic mass is 10.2. The minimum absolute atomic E-state index is 0.462. The van der Waals surface area contributed by atoms with Gasteiger partial charge in [0.25, 0.3) is 0 Å². The van der Waals surface area contributed by atoms with Crippen LogP contribution in [0.1, 0.15) is 6.42 Å². The fourth-order valence-electron chi connectivity index (χ4n) is 1.33. The van der Waals surface area contributed by atoms with E-state index in [9.17, 15) is 0 Å². The number of piperazine rings is 1. The zero-order chi connectivity index (χ0) is 8.97. The summed E-state index contributed by atoms with van der Waals surface area (Å²) in [6.07, 6.45) is 0.462. The monoisotopic (exact) mass is 165 g/mol. The van der Waals surface area contributed by atoms with Crippen molar-refractivity contribution in [2.24, 2.45) is 0 Å². The number of nitrogens with zero attached hydrogens (tertiary/aromatic N) is 3. The molecular formula is C9H15N3. The molecular weight excluding hydrogens is 150 g/mol. The molecule has 0 radical (unpaired) electrons. The maximum absolute atomic E-state index is 8.47. The van der Waals surface area contributed by atoms with Crippen molar-refractivity contribution in [1.82, 2.24) is 9.80 Å². The number of rotatable bonds is 2. The topological polar surface area (TPSA) is 30.3 Å². The lowest BCUT2D eigenvalue weighted by Gasteiger charge is -2.34. The van der Waals surface area contributed by atoms with Crippen LogP contribution in [0, 0.1) is 11.3 Å². The molecule has 0 bridgehead atoms. The van der Waals surface area contributed by atoms with E-state index in [2.05, 4.69) is 29.5 Å². The van der Waals surface area contributed by atoms with Crippen LogP contribution in [-0.2, 0) is 0 Å². The molecule has 1 rings (SSSR count). The van der Waals surface area contributed by atoms with Crippen molar-refractivity contribution in [2.45, 2.75) is 6.42 Å². The third kappa shape index (κ3) is 2.24. The molecule has 0 N–H and O–H groups in total. The van der Waals surface area contributed by atoms with E-state index >= 15 is 0 Å². The summed E-state index contributed by atoms with van der Waals surface area (Å²) in [5.74, 6) is 0. The van der Waals surface area contributed by atoms with Crippen molar-refractivity contribution >= 4 is 0 Å². The summed E-state index contributed by atoms with van der Waals surface area (Å²) < 4.78 is 0. The summed E-state index contributed by atoms with van der Waals surface area (Å²) in [5.41, 5.74) is 0.964. The Labute approximate surface area is 73.9 Å². The van der Waals surface area contributed by atoms with E-state index in [0.29, 0.717) is 6.42 Å². The molecule has 0 atom stereocenters. The van der Waals surface area contributed by atoms with Gasteiger partial charge in [0.1, 0.15) is 0 Å². The first-order valence-electron chi connectivity index (χ1n) is 4.22. The van der Waals surface area contributed by atoms with E-state index in [0.717, 1.165) is 31.9 Å². The predicted molar refractivity (Wildman–Crippen MR) is 48.4 cm³/mol. The van der Waals surface area contributed by atoms with Crippen LogP contribution in [0.15, 0.2) is 12.3 Å². The normalized spacial score (nSPS) is 18.8. The van der Waals surface area contributed by atoms with Gasteiger partial charge in [-0.15, -0.1) is 0 Å². The van der Waals surface area contributed by atoms with Crippen molar-refractivity contribution in [2.75, 3.05) is 33.2 Å². The number of allylic oxidation sites excluding steroid dienone is 1. The van der Waals surface area contributed by atoms with Crippen LogP contribution in [-0.4, -0.2) is 43.0 Å². The van der Waals surface area contributed by atoms with Gasteiger partial charge in [0.15, 0.2) is 0 Å². The second-order valence-corrected chi connectivity index (χ2v) is 3.19. The van der Waals surface area contributed by atoms with Gasteiger partial charge in [-0.2, -0.15) is 5.26 Å². The fourth-order valence-corrected chi connectivity index (χ4v) is 1.33. The number of hydrogen-bond acceptors (Lipinski definition) is 3. The minimum atomic E-state index is 0.462. The van der Waals surface area contributed by atoms with Crippen molar-refractivity contribution in [3.05, 3.63) is 12.3 Å². The molecule has 1 saturated heterocycles. The first kappa shape index (κ1) is 9.08. The molecule has 1 fully saturated rings. The molecule has 0 spiro atoms. The molecule has 0 saturated carbocycles.